The molecule has 6 nitrogen and oxygen atoms in total. The molecule has 0 saturated heterocycles. The number of nitrogens with zero attached hydrogens (tertiary/aromatic N) is 3. The first-order valence-corrected chi connectivity index (χ1v) is 11.9. The number of hydrogen-bond donors (Lipinski definition) is 0. The second-order valence-corrected chi connectivity index (χ2v) is 10.4. The van der Waals surface area contributed by atoms with Crippen molar-refractivity contribution >= 4 is 42.4 Å². The van der Waals surface area contributed by atoms with Crippen LogP contribution in [0.4, 0.5) is 9.52 Å². The quantitative estimate of drug-likeness (QED) is 0.526. The van der Waals surface area contributed by atoms with E-state index in [1.165, 1.54) is 40.5 Å². The van der Waals surface area contributed by atoms with E-state index in [4.69, 9.17) is 0 Å². The first-order valence-electron chi connectivity index (χ1n) is 9.46. The Morgan fingerprint density at radius 2 is 1.80 bits per heavy atom. The largest absolute Gasteiger partial charge is 0.309 e. The minimum absolute atomic E-state index is 0.112. The van der Waals surface area contributed by atoms with Crippen LogP contribution in [-0.2, 0) is 14.6 Å². The Bertz CT molecular complexity index is 1140. The molecule has 1 heterocycles. The van der Waals surface area contributed by atoms with Crippen LogP contribution < -0.4 is 4.90 Å². The molecule has 30 heavy (non-hydrogen) atoms. The third-order valence-corrected chi connectivity index (χ3v) is 7.21. The summed E-state index contributed by atoms with van der Waals surface area (Å²) in [5, 5.41) is 0.374. The van der Waals surface area contributed by atoms with Crippen LogP contribution in [0.5, 0.6) is 0 Å². The lowest BCUT2D eigenvalue weighted by Gasteiger charge is -2.21. The third kappa shape index (κ3) is 5.41. The summed E-state index contributed by atoms with van der Waals surface area (Å²) in [5.41, 5.74) is 1.51. The number of rotatable bonds is 8. The summed E-state index contributed by atoms with van der Waals surface area (Å²) in [7, 11) is 0.0579. The van der Waals surface area contributed by atoms with E-state index in [1.807, 2.05) is 25.9 Å². The molecule has 2 aromatic carbocycles. The molecule has 3 rings (SSSR count). The van der Waals surface area contributed by atoms with Gasteiger partial charge in [-0.3, -0.25) is 9.69 Å². The van der Waals surface area contributed by atoms with E-state index in [-0.39, 0.29) is 10.7 Å². The van der Waals surface area contributed by atoms with E-state index in [9.17, 15) is 17.6 Å². The van der Waals surface area contributed by atoms with Gasteiger partial charge in [0.15, 0.2) is 15.0 Å². The smallest absolute Gasteiger partial charge is 0.244 e. The molecule has 0 bridgehead atoms. The number of thiazole rings is 1. The number of benzene rings is 2. The number of carbonyl (C=O) groups excluding carboxylic acids is 1. The van der Waals surface area contributed by atoms with Gasteiger partial charge in [-0.2, -0.15) is 0 Å². The van der Waals surface area contributed by atoms with Gasteiger partial charge in [-0.1, -0.05) is 29.0 Å². The van der Waals surface area contributed by atoms with E-state index in [2.05, 4.69) is 4.98 Å². The molecule has 160 valence electrons. The average molecular weight is 450 g/mol. The summed E-state index contributed by atoms with van der Waals surface area (Å²) in [5.74, 6) is -1.58. The van der Waals surface area contributed by atoms with Crippen molar-refractivity contribution in [1.29, 1.82) is 0 Å². The summed E-state index contributed by atoms with van der Waals surface area (Å²) in [6.07, 6.45) is 0.646. The minimum atomic E-state index is -3.79. The predicted molar refractivity (Wildman–Crippen MR) is 118 cm³/mol. The van der Waals surface area contributed by atoms with Gasteiger partial charge < -0.3 is 4.90 Å². The Hall–Kier alpha value is -2.36. The fourth-order valence-electron chi connectivity index (χ4n) is 2.94. The van der Waals surface area contributed by atoms with Crippen LogP contribution in [0.1, 0.15) is 12.0 Å². The van der Waals surface area contributed by atoms with Crippen LogP contribution in [0.3, 0.4) is 0 Å². The zero-order chi connectivity index (χ0) is 21.9. The lowest BCUT2D eigenvalue weighted by atomic mass is 10.2. The molecule has 0 atom stereocenters. The standard InChI is InChI=1S/C21H24FN3O3S2/c1-15-5-8-17(9-6-15)30(27,28)14-20(26)25(12-4-11-24(2)3)21-23-18-10-7-16(22)13-19(18)29-21/h5-10,13H,4,11-12,14H2,1-3H3. The van der Waals surface area contributed by atoms with Gasteiger partial charge in [0, 0.05) is 6.54 Å². The lowest BCUT2D eigenvalue weighted by Crippen LogP contribution is -2.37. The lowest BCUT2D eigenvalue weighted by molar-refractivity contribution is -0.116. The molecular weight excluding hydrogens is 425 g/mol. The number of amides is 1. The number of fused-ring (bicyclic) bond motifs is 1. The van der Waals surface area contributed by atoms with Crippen LogP contribution in [-0.4, -0.2) is 57.1 Å². The Morgan fingerprint density at radius 3 is 2.47 bits per heavy atom. The zero-order valence-electron chi connectivity index (χ0n) is 17.1. The molecule has 0 saturated carbocycles. The second kappa shape index (κ2) is 9.20. The van der Waals surface area contributed by atoms with E-state index < -0.39 is 21.5 Å². The number of sulfone groups is 1. The van der Waals surface area contributed by atoms with Crippen molar-refractivity contribution in [2.45, 2.75) is 18.2 Å². The maximum absolute atomic E-state index is 13.5. The topological polar surface area (TPSA) is 70.6 Å². The molecule has 0 radical (unpaired) electrons. The number of aryl methyl sites for hydroxylation is 1. The fourth-order valence-corrected chi connectivity index (χ4v) is 5.18. The van der Waals surface area contributed by atoms with Gasteiger partial charge in [0.25, 0.3) is 0 Å². The van der Waals surface area contributed by atoms with Crippen molar-refractivity contribution in [3.8, 4) is 0 Å². The highest BCUT2D eigenvalue weighted by Gasteiger charge is 2.26. The van der Waals surface area contributed by atoms with Crippen molar-refractivity contribution in [2.24, 2.45) is 0 Å². The van der Waals surface area contributed by atoms with Crippen LogP contribution in [0.2, 0.25) is 0 Å². The monoisotopic (exact) mass is 449 g/mol. The summed E-state index contributed by atoms with van der Waals surface area (Å²) in [4.78, 5) is 21.0. The Kier molecular flexibility index (Phi) is 6.84. The van der Waals surface area contributed by atoms with E-state index >= 15 is 0 Å². The van der Waals surface area contributed by atoms with Gasteiger partial charge in [-0.15, -0.1) is 0 Å². The number of aromatic nitrogens is 1. The molecule has 0 fully saturated rings. The summed E-state index contributed by atoms with van der Waals surface area (Å²) in [6.45, 7) is 2.92. The van der Waals surface area contributed by atoms with Crippen molar-refractivity contribution in [2.75, 3.05) is 37.8 Å². The Morgan fingerprint density at radius 1 is 1.10 bits per heavy atom. The van der Waals surface area contributed by atoms with E-state index in [1.54, 1.807) is 18.2 Å². The molecule has 0 aliphatic carbocycles. The molecule has 1 amide bonds. The highest BCUT2D eigenvalue weighted by atomic mass is 32.2. The maximum Gasteiger partial charge on any atom is 0.244 e. The van der Waals surface area contributed by atoms with Crippen LogP contribution in [0, 0.1) is 12.7 Å². The fraction of sp³-hybridized carbons (Fsp3) is 0.333. The molecular formula is C21H24FN3O3S2. The number of anilines is 1. The van der Waals surface area contributed by atoms with Crippen LogP contribution in [0.25, 0.3) is 10.2 Å². The average Bonchev–Trinajstić information content (AvgIpc) is 3.07. The second-order valence-electron chi connectivity index (χ2n) is 7.38. The predicted octanol–water partition coefficient (Wildman–Crippen LogP) is 3.50. The van der Waals surface area contributed by atoms with Crippen molar-refractivity contribution in [3.63, 3.8) is 0 Å². The minimum Gasteiger partial charge on any atom is -0.309 e. The van der Waals surface area contributed by atoms with Crippen molar-refractivity contribution < 1.29 is 17.6 Å². The van der Waals surface area contributed by atoms with E-state index in [0.717, 1.165) is 12.1 Å². The normalized spacial score (nSPS) is 11.9. The molecule has 0 spiro atoms. The van der Waals surface area contributed by atoms with Crippen molar-refractivity contribution in [3.05, 3.63) is 53.8 Å². The first kappa shape index (κ1) is 22.3. The van der Waals surface area contributed by atoms with Gasteiger partial charge in [-0.05, 0) is 64.3 Å². The van der Waals surface area contributed by atoms with Gasteiger partial charge >= 0.3 is 0 Å². The molecule has 9 heteroatoms. The zero-order valence-corrected chi connectivity index (χ0v) is 18.8. The maximum atomic E-state index is 13.5. The molecule has 0 aliphatic heterocycles. The molecule has 0 N–H and O–H groups in total. The third-order valence-electron chi connectivity index (χ3n) is 4.55. The highest BCUT2D eigenvalue weighted by molar-refractivity contribution is 7.92. The van der Waals surface area contributed by atoms with Crippen molar-refractivity contribution in [1.82, 2.24) is 9.88 Å². The number of halogens is 1. The molecule has 0 unspecified atom stereocenters. The van der Waals surface area contributed by atoms with Gasteiger partial charge in [0.1, 0.15) is 11.6 Å². The summed E-state index contributed by atoms with van der Waals surface area (Å²) >= 11 is 1.18. The summed E-state index contributed by atoms with van der Waals surface area (Å²) < 4.78 is 39.7. The SMILES string of the molecule is Cc1ccc(S(=O)(=O)CC(=O)N(CCCN(C)C)c2nc3ccc(F)cc3s2)cc1. The molecule has 0 aliphatic rings. The van der Waals surface area contributed by atoms with Crippen LogP contribution >= 0.6 is 11.3 Å². The highest BCUT2D eigenvalue weighted by Crippen LogP contribution is 2.30. The molecule has 3 aromatic rings. The van der Waals surface area contributed by atoms with Crippen LogP contribution in [0.15, 0.2) is 47.4 Å². The number of hydrogen-bond acceptors (Lipinski definition) is 6. The van der Waals surface area contributed by atoms with Gasteiger partial charge in [0.05, 0.1) is 15.1 Å². The van der Waals surface area contributed by atoms with E-state index in [0.29, 0.717) is 28.3 Å². The van der Waals surface area contributed by atoms with Gasteiger partial charge in [0.2, 0.25) is 5.91 Å². The molecule has 1 aromatic heterocycles. The number of carbonyl (C=O) groups is 1. The first-order chi connectivity index (χ1) is 14.2. The summed E-state index contributed by atoms with van der Waals surface area (Å²) in [6, 6.07) is 10.6. The van der Waals surface area contributed by atoms with Gasteiger partial charge in [-0.25, -0.2) is 17.8 Å². The Balaban J connectivity index is 1.88. The Labute approximate surface area is 179 Å².